The van der Waals surface area contributed by atoms with E-state index in [1.165, 1.54) is 9.87 Å². The molecule has 0 fully saturated rings. The molecule has 6 nitrogen and oxygen atoms in total. The number of ether oxygens (including phenoxy) is 1. The summed E-state index contributed by atoms with van der Waals surface area (Å²) in [6, 6.07) is 10.8. The van der Waals surface area contributed by atoms with Crippen LogP contribution in [0.5, 0.6) is 5.75 Å². The summed E-state index contributed by atoms with van der Waals surface area (Å²) in [6.07, 6.45) is 1.54. The van der Waals surface area contributed by atoms with Crippen molar-refractivity contribution in [3.05, 3.63) is 53.1 Å². The zero-order valence-corrected chi connectivity index (χ0v) is 19.0. The van der Waals surface area contributed by atoms with Crippen LogP contribution in [0.1, 0.15) is 37.0 Å². The number of aryl methyl sites for hydroxylation is 3. The van der Waals surface area contributed by atoms with E-state index in [0.29, 0.717) is 25.4 Å². The standard InChI is InChI=1S/C23H30N2O4S/c1-5-24(6-2)30(27,28)21-11-12-22-19(15-21)8-7-13-25(22)23(26)16-29-20-10-9-17(3)18(4)14-20/h9-12,14-15H,5-8,13,16H2,1-4H3. The summed E-state index contributed by atoms with van der Waals surface area (Å²) in [5.41, 5.74) is 3.95. The summed E-state index contributed by atoms with van der Waals surface area (Å²) in [5, 5.41) is 0. The highest BCUT2D eigenvalue weighted by Crippen LogP contribution is 2.30. The van der Waals surface area contributed by atoms with Crippen LogP contribution in [0.25, 0.3) is 0 Å². The van der Waals surface area contributed by atoms with Crippen molar-refractivity contribution in [2.45, 2.75) is 45.4 Å². The predicted molar refractivity (Wildman–Crippen MR) is 119 cm³/mol. The van der Waals surface area contributed by atoms with Crippen LogP contribution >= 0.6 is 0 Å². The van der Waals surface area contributed by atoms with Crippen LogP contribution in [0.3, 0.4) is 0 Å². The largest absolute Gasteiger partial charge is 0.484 e. The molecule has 0 saturated carbocycles. The summed E-state index contributed by atoms with van der Waals surface area (Å²) >= 11 is 0. The molecule has 2 aromatic rings. The lowest BCUT2D eigenvalue weighted by molar-refractivity contribution is -0.120. The molecule has 0 N–H and O–H groups in total. The molecule has 2 aromatic carbocycles. The van der Waals surface area contributed by atoms with E-state index in [1.54, 1.807) is 23.1 Å². The van der Waals surface area contributed by atoms with Gasteiger partial charge >= 0.3 is 0 Å². The van der Waals surface area contributed by atoms with Crippen molar-refractivity contribution in [2.24, 2.45) is 0 Å². The first kappa shape index (κ1) is 22.3. The van der Waals surface area contributed by atoms with E-state index < -0.39 is 10.0 Å². The fraction of sp³-hybridized carbons (Fsp3) is 0.435. The van der Waals surface area contributed by atoms with Gasteiger partial charge in [0, 0.05) is 25.3 Å². The highest BCUT2D eigenvalue weighted by molar-refractivity contribution is 7.89. The molecule has 0 bridgehead atoms. The molecule has 162 valence electrons. The molecular formula is C23H30N2O4S. The van der Waals surface area contributed by atoms with Gasteiger partial charge in [-0.3, -0.25) is 4.79 Å². The molecule has 0 atom stereocenters. The number of hydrogen-bond acceptors (Lipinski definition) is 4. The smallest absolute Gasteiger partial charge is 0.264 e. The number of fused-ring (bicyclic) bond motifs is 1. The third kappa shape index (κ3) is 4.52. The third-order valence-electron chi connectivity index (χ3n) is 5.65. The predicted octanol–water partition coefficient (Wildman–Crippen LogP) is 3.69. The lowest BCUT2D eigenvalue weighted by atomic mass is 10.0. The first-order valence-electron chi connectivity index (χ1n) is 10.4. The molecule has 30 heavy (non-hydrogen) atoms. The summed E-state index contributed by atoms with van der Waals surface area (Å²) in [4.78, 5) is 14.8. The van der Waals surface area contributed by atoms with Gasteiger partial charge in [0.1, 0.15) is 5.75 Å². The maximum atomic E-state index is 12.8. The molecule has 0 aromatic heterocycles. The molecule has 1 heterocycles. The number of amides is 1. The minimum Gasteiger partial charge on any atom is -0.484 e. The second-order valence-corrected chi connectivity index (χ2v) is 9.50. The molecule has 1 aliphatic heterocycles. The molecular weight excluding hydrogens is 400 g/mol. The van der Waals surface area contributed by atoms with E-state index in [2.05, 4.69) is 0 Å². The summed E-state index contributed by atoms with van der Waals surface area (Å²) in [7, 11) is -3.52. The SMILES string of the molecule is CCN(CC)S(=O)(=O)c1ccc2c(c1)CCCN2C(=O)COc1ccc(C)c(C)c1. The number of anilines is 1. The maximum Gasteiger partial charge on any atom is 0.264 e. The Kier molecular flexibility index (Phi) is 6.83. The third-order valence-corrected chi connectivity index (χ3v) is 7.70. The summed E-state index contributed by atoms with van der Waals surface area (Å²) < 4.78 is 32.8. The van der Waals surface area contributed by atoms with E-state index in [9.17, 15) is 13.2 Å². The number of carbonyl (C=O) groups is 1. The first-order chi connectivity index (χ1) is 14.3. The van der Waals surface area contributed by atoms with Gasteiger partial charge in [0.05, 0.1) is 4.90 Å². The Balaban J connectivity index is 1.78. The minimum atomic E-state index is -3.52. The van der Waals surface area contributed by atoms with Gasteiger partial charge in [-0.25, -0.2) is 8.42 Å². The van der Waals surface area contributed by atoms with Crippen molar-refractivity contribution in [2.75, 3.05) is 31.1 Å². The quantitative estimate of drug-likeness (QED) is 0.672. The van der Waals surface area contributed by atoms with Crippen LogP contribution in [-0.4, -0.2) is 44.9 Å². The second kappa shape index (κ2) is 9.18. The maximum absolute atomic E-state index is 12.8. The normalized spacial score (nSPS) is 14.0. The van der Waals surface area contributed by atoms with Crippen molar-refractivity contribution in [1.82, 2.24) is 4.31 Å². The topological polar surface area (TPSA) is 66.9 Å². The Morgan fingerprint density at radius 1 is 1.07 bits per heavy atom. The van der Waals surface area contributed by atoms with Gasteiger partial charge in [-0.05, 0) is 73.7 Å². The number of benzene rings is 2. The number of rotatable bonds is 7. The van der Waals surface area contributed by atoms with Crippen LogP contribution in [-0.2, 0) is 21.2 Å². The van der Waals surface area contributed by atoms with Crippen LogP contribution in [0.15, 0.2) is 41.3 Å². The lowest BCUT2D eigenvalue weighted by Gasteiger charge is -2.30. The number of carbonyl (C=O) groups excluding carboxylic acids is 1. The van der Waals surface area contributed by atoms with Crippen molar-refractivity contribution < 1.29 is 17.9 Å². The number of sulfonamides is 1. The molecule has 0 unspecified atom stereocenters. The van der Waals surface area contributed by atoms with Gasteiger partial charge in [-0.1, -0.05) is 19.9 Å². The number of nitrogens with zero attached hydrogens (tertiary/aromatic N) is 2. The van der Waals surface area contributed by atoms with Crippen molar-refractivity contribution in [3.8, 4) is 5.75 Å². The Morgan fingerprint density at radius 3 is 2.47 bits per heavy atom. The molecule has 1 aliphatic rings. The molecule has 0 aliphatic carbocycles. The Morgan fingerprint density at radius 2 is 1.80 bits per heavy atom. The summed E-state index contributed by atoms with van der Waals surface area (Å²) in [6.45, 7) is 9.10. The second-order valence-electron chi connectivity index (χ2n) is 7.56. The van der Waals surface area contributed by atoms with Crippen molar-refractivity contribution in [3.63, 3.8) is 0 Å². The molecule has 0 saturated heterocycles. The van der Waals surface area contributed by atoms with E-state index >= 15 is 0 Å². The van der Waals surface area contributed by atoms with Crippen LogP contribution in [0.4, 0.5) is 5.69 Å². The van der Waals surface area contributed by atoms with Gasteiger partial charge in [0.15, 0.2) is 6.61 Å². The van der Waals surface area contributed by atoms with Gasteiger partial charge in [0.25, 0.3) is 5.91 Å². The first-order valence-corrected chi connectivity index (χ1v) is 11.9. The Hall–Kier alpha value is -2.38. The van der Waals surface area contributed by atoms with Gasteiger partial charge in [-0.15, -0.1) is 0 Å². The average Bonchev–Trinajstić information content (AvgIpc) is 2.74. The van der Waals surface area contributed by atoms with Gasteiger partial charge < -0.3 is 9.64 Å². The van der Waals surface area contributed by atoms with Crippen LogP contribution < -0.4 is 9.64 Å². The molecule has 1 amide bonds. The molecule has 0 spiro atoms. The highest BCUT2D eigenvalue weighted by atomic mass is 32.2. The zero-order chi connectivity index (χ0) is 21.9. The fourth-order valence-corrected chi connectivity index (χ4v) is 5.24. The lowest BCUT2D eigenvalue weighted by Crippen LogP contribution is -2.39. The summed E-state index contributed by atoms with van der Waals surface area (Å²) in [5.74, 6) is 0.540. The van der Waals surface area contributed by atoms with Crippen LogP contribution in [0, 0.1) is 13.8 Å². The van der Waals surface area contributed by atoms with E-state index in [0.717, 1.165) is 29.7 Å². The van der Waals surface area contributed by atoms with E-state index in [1.807, 2.05) is 45.9 Å². The van der Waals surface area contributed by atoms with Gasteiger partial charge in [-0.2, -0.15) is 4.31 Å². The van der Waals surface area contributed by atoms with Crippen molar-refractivity contribution in [1.29, 1.82) is 0 Å². The van der Waals surface area contributed by atoms with E-state index in [4.69, 9.17) is 4.74 Å². The molecule has 3 rings (SSSR count). The molecule has 0 radical (unpaired) electrons. The van der Waals surface area contributed by atoms with Crippen molar-refractivity contribution >= 4 is 21.6 Å². The zero-order valence-electron chi connectivity index (χ0n) is 18.1. The Labute approximate surface area is 179 Å². The minimum absolute atomic E-state index is 0.0541. The van der Waals surface area contributed by atoms with E-state index in [-0.39, 0.29) is 17.4 Å². The fourth-order valence-electron chi connectivity index (χ4n) is 3.73. The van der Waals surface area contributed by atoms with Crippen LogP contribution in [0.2, 0.25) is 0 Å². The highest BCUT2D eigenvalue weighted by Gasteiger charge is 2.27. The molecule has 7 heteroatoms. The Bertz CT molecular complexity index is 1030. The number of hydrogen-bond donors (Lipinski definition) is 0. The van der Waals surface area contributed by atoms with Gasteiger partial charge in [0.2, 0.25) is 10.0 Å². The monoisotopic (exact) mass is 430 g/mol. The average molecular weight is 431 g/mol.